The minimum absolute atomic E-state index is 0.386. The summed E-state index contributed by atoms with van der Waals surface area (Å²) in [5, 5.41) is 0. The van der Waals surface area contributed by atoms with Crippen molar-refractivity contribution >= 4 is 16.1 Å². The van der Waals surface area contributed by atoms with E-state index in [2.05, 4.69) is 46.2 Å². The maximum absolute atomic E-state index is 12.9. The topological polar surface area (TPSA) is 53.1 Å². The van der Waals surface area contributed by atoms with Crippen molar-refractivity contribution in [2.24, 2.45) is 0 Å². The fraction of sp³-hybridized carbons (Fsp3) is 0.417. The Balaban J connectivity index is 1.29. The summed E-state index contributed by atoms with van der Waals surface area (Å²) < 4.78 is 32.7. The number of rotatable bonds is 7. The van der Waals surface area contributed by atoms with E-state index in [0.717, 1.165) is 44.8 Å². The Labute approximate surface area is 185 Å². The van der Waals surface area contributed by atoms with Crippen molar-refractivity contribution in [3.8, 4) is 0 Å². The number of sulfonamides is 1. The minimum Gasteiger partial charge on any atom is -0.379 e. The number of morpholine rings is 1. The molecule has 2 aliphatic rings. The SMILES string of the molecule is O=S(=O)(c1cccc(CN2CCN(C/C=C/c3ccccc3)CC2)c1)N1CCOCC1. The maximum atomic E-state index is 12.9. The summed E-state index contributed by atoms with van der Waals surface area (Å²) in [7, 11) is -3.45. The molecule has 0 atom stereocenters. The highest BCUT2D eigenvalue weighted by molar-refractivity contribution is 7.89. The molecule has 2 aromatic rings. The molecule has 2 saturated heterocycles. The number of piperazine rings is 1. The van der Waals surface area contributed by atoms with E-state index in [4.69, 9.17) is 4.74 Å². The average molecular weight is 442 g/mol. The van der Waals surface area contributed by atoms with Gasteiger partial charge in [-0.2, -0.15) is 4.31 Å². The van der Waals surface area contributed by atoms with Gasteiger partial charge in [0.1, 0.15) is 0 Å². The first-order chi connectivity index (χ1) is 15.1. The third-order valence-electron chi connectivity index (χ3n) is 5.85. The predicted molar refractivity (Wildman–Crippen MR) is 123 cm³/mol. The van der Waals surface area contributed by atoms with Crippen molar-refractivity contribution in [3.63, 3.8) is 0 Å². The second kappa shape index (κ2) is 10.5. The van der Waals surface area contributed by atoms with Gasteiger partial charge in [0, 0.05) is 52.4 Å². The second-order valence-corrected chi connectivity index (χ2v) is 9.99. The van der Waals surface area contributed by atoms with Crippen LogP contribution in [-0.4, -0.2) is 81.5 Å². The second-order valence-electron chi connectivity index (χ2n) is 8.05. The molecular formula is C24H31N3O3S. The first-order valence-electron chi connectivity index (χ1n) is 10.9. The maximum Gasteiger partial charge on any atom is 0.243 e. The molecule has 2 heterocycles. The van der Waals surface area contributed by atoms with E-state index in [1.807, 2.05) is 24.3 Å². The molecule has 0 N–H and O–H groups in total. The zero-order chi connectivity index (χ0) is 21.5. The van der Waals surface area contributed by atoms with Gasteiger partial charge in [0.2, 0.25) is 10.0 Å². The molecule has 0 spiro atoms. The van der Waals surface area contributed by atoms with E-state index in [9.17, 15) is 8.42 Å². The molecule has 0 saturated carbocycles. The average Bonchev–Trinajstić information content (AvgIpc) is 2.82. The predicted octanol–water partition coefficient (Wildman–Crippen LogP) is 2.54. The lowest BCUT2D eigenvalue weighted by molar-refractivity contribution is 0.0730. The Morgan fingerprint density at radius 2 is 1.55 bits per heavy atom. The minimum atomic E-state index is -3.45. The van der Waals surface area contributed by atoms with Crippen LogP contribution in [0, 0.1) is 0 Å². The molecule has 0 radical (unpaired) electrons. The highest BCUT2D eigenvalue weighted by Gasteiger charge is 2.26. The largest absolute Gasteiger partial charge is 0.379 e. The molecule has 0 aromatic heterocycles. The molecule has 2 aliphatic heterocycles. The zero-order valence-electron chi connectivity index (χ0n) is 17.9. The molecule has 4 rings (SSSR count). The van der Waals surface area contributed by atoms with Crippen LogP contribution in [0.1, 0.15) is 11.1 Å². The van der Waals surface area contributed by atoms with E-state index < -0.39 is 10.0 Å². The van der Waals surface area contributed by atoms with Crippen LogP contribution < -0.4 is 0 Å². The van der Waals surface area contributed by atoms with Crippen LogP contribution in [0.2, 0.25) is 0 Å². The van der Waals surface area contributed by atoms with Gasteiger partial charge in [0.25, 0.3) is 0 Å². The summed E-state index contributed by atoms with van der Waals surface area (Å²) >= 11 is 0. The van der Waals surface area contributed by atoms with Crippen LogP contribution in [0.25, 0.3) is 6.08 Å². The smallest absolute Gasteiger partial charge is 0.243 e. The standard InChI is InChI=1S/C24H31N3O3S/c28-31(29,27-16-18-30-19-17-27)24-10-4-8-23(20-24)21-26-14-12-25(13-15-26)11-5-9-22-6-2-1-3-7-22/h1-10,20H,11-19,21H2/b9-5+. The molecule has 166 valence electrons. The van der Waals surface area contributed by atoms with E-state index >= 15 is 0 Å². The number of nitrogens with zero attached hydrogens (tertiary/aromatic N) is 3. The number of ether oxygens (including phenoxy) is 1. The molecule has 31 heavy (non-hydrogen) atoms. The van der Waals surface area contributed by atoms with Crippen LogP contribution in [0.15, 0.2) is 65.6 Å². The van der Waals surface area contributed by atoms with E-state index in [1.54, 1.807) is 6.07 Å². The van der Waals surface area contributed by atoms with Crippen LogP contribution in [0.5, 0.6) is 0 Å². The Kier molecular flexibility index (Phi) is 7.53. The Morgan fingerprint density at radius 1 is 0.839 bits per heavy atom. The third kappa shape index (κ3) is 6.02. The van der Waals surface area contributed by atoms with E-state index in [1.165, 1.54) is 9.87 Å². The summed E-state index contributed by atoms with van der Waals surface area (Å²) in [6.07, 6.45) is 4.40. The molecule has 2 fully saturated rings. The first kappa shape index (κ1) is 22.2. The lowest BCUT2D eigenvalue weighted by atomic mass is 10.2. The van der Waals surface area contributed by atoms with Gasteiger partial charge in [0.05, 0.1) is 18.1 Å². The van der Waals surface area contributed by atoms with Gasteiger partial charge in [-0.05, 0) is 23.3 Å². The summed E-state index contributed by atoms with van der Waals surface area (Å²) in [5.74, 6) is 0. The molecule has 7 heteroatoms. The van der Waals surface area contributed by atoms with E-state index in [0.29, 0.717) is 31.2 Å². The van der Waals surface area contributed by atoms with Gasteiger partial charge in [-0.15, -0.1) is 0 Å². The van der Waals surface area contributed by atoms with Crippen molar-refractivity contribution in [1.82, 2.24) is 14.1 Å². The van der Waals surface area contributed by atoms with E-state index in [-0.39, 0.29) is 0 Å². The fourth-order valence-corrected chi connectivity index (χ4v) is 5.51. The third-order valence-corrected chi connectivity index (χ3v) is 7.75. The van der Waals surface area contributed by atoms with Crippen molar-refractivity contribution in [2.75, 3.05) is 59.0 Å². The fourth-order valence-electron chi connectivity index (χ4n) is 4.03. The normalized spacial score (nSPS) is 19.7. The van der Waals surface area contributed by atoms with Crippen LogP contribution in [0.4, 0.5) is 0 Å². The van der Waals surface area contributed by atoms with Crippen molar-refractivity contribution < 1.29 is 13.2 Å². The van der Waals surface area contributed by atoms with Crippen LogP contribution in [-0.2, 0) is 21.3 Å². The molecular weight excluding hydrogens is 410 g/mol. The zero-order valence-corrected chi connectivity index (χ0v) is 18.7. The van der Waals surface area contributed by atoms with Gasteiger partial charge in [-0.25, -0.2) is 8.42 Å². The number of hydrogen-bond donors (Lipinski definition) is 0. The van der Waals surface area contributed by atoms with Crippen molar-refractivity contribution in [3.05, 3.63) is 71.8 Å². The lowest BCUT2D eigenvalue weighted by Gasteiger charge is -2.34. The summed E-state index contributed by atoms with van der Waals surface area (Å²) in [4.78, 5) is 5.24. The highest BCUT2D eigenvalue weighted by atomic mass is 32.2. The number of hydrogen-bond acceptors (Lipinski definition) is 5. The summed E-state index contributed by atoms with van der Waals surface area (Å²) in [6.45, 7) is 7.51. The lowest BCUT2D eigenvalue weighted by Crippen LogP contribution is -2.45. The first-order valence-corrected chi connectivity index (χ1v) is 12.4. The monoisotopic (exact) mass is 441 g/mol. The molecule has 0 aliphatic carbocycles. The van der Waals surface area contributed by atoms with Gasteiger partial charge >= 0.3 is 0 Å². The Bertz CT molecular complexity index is 965. The molecule has 2 aromatic carbocycles. The summed E-state index contributed by atoms with van der Waals surface area (Å²) in [5.41, 5.74) is 2.28. The Morgan fingerprint density at radius 3 is 2.29 bits per heavy atom. The molecule has 0 unspecified atom stereocenters. The van der Waals surface area contributed by atoms with Crippen LogP contribution in [0.3, 0.4) is 0 Å². The van der Waals surface area contributed by atoms with Crippen molar-refractivity contribution in [2.45, 2.75) is 11.4 Å². The molecule has 0 amide bonds. The number of benzene rings is 2. The highest BCUT2D eigenvalue weighted by Crippen LogP contribution is 2.19. The van der Waals surface area contributed by atoms with Gasteiger partial charge in [-0.3, -0.25) is 9.80 Å². The van der Waals surface area contributed by atoms with Crippen LogP contribution >= 0.6 is 0 Å². The van der Waals surface area contributed by atoms with Crippen molar-refractivity contribution in [1.29, 1.82) is 0 Å². The Hall–Kier alpha value is -2.03. The van der Waals surface area contributed by atoms with Gasteiger partial charge in [0.15, 0.2) is 0 Å². The summed E-state index contributed by atoms with van der Waals surface area (Å²) in [6, 6.07) is 17.8. The molecule has 6 nitrogen and oxygen atoms in total. The van der Waals surface area contributed by atoms with Gasteiger partial charge in [-0.1, -0.05) is 54.6 Å². The molecule has 0 bridgehead atoms. The quantitative estimate of drug-likeness (QED) is 0.661. The van der Waals surface area contributed by atoms with Gasteiger partial charge < -0.3 is 4.74 Å².